The van der Waals surface area contributed by atoms with Crippen molar-refractivity contribution in [2.24, 2.45) is 5.92 Å². The van der Waals surface area contributed by atoms with Crippen molar-refractivity contribution in [2.75, 3.05) is 19.8 Å². The smallest absolute Gasteiger partial charge is 0.311 e. The van der Waals surface area contributed by atoms with Crippen LogP contribution in [0.2, 0.25) is 0 Å². The average molecular weight is 241 g/mol. The Balaban J connectivity index is 2.06. The molecule has 0 bridgehead atoms. The van der Waals surface area contributed by atoms with Crippen molar-refractivity contribution in [3.63, 3.8) is 0 Å². The molecular formula is C13H23NO3. The molecule has 1 unspecified atom stereocenters. The van der Waals surface area contributed by atoms with Gasteiger partial charge in [-0.25, -0.2) is 0 Å². The first-order valence-electron chi connectivity index (χ1n) is 6.49. The summed E-state index contributed by atoms with van der Waals surface area (Å²) in [4.78, 5) is 12.2. The molecule has 1 atom stereocenters. The van der Waals surface area contributed by atoms with E-state index in [1.807, 2.05) is 20.8 Å². The summed E-state index contributed by atoms with van der Waals surface area (Å²) in [5.74, 6) is -0.0602. The summed E-state index contributed by atoms with van der Waals surface area (Å²) in [6.45, 7) is 8.15. The molecule has 2 saturated heterocycles. The van der Waals surface area contributed by atoms with Gasteiger partial charge in [0.2, 0.25) is 0 Å². The zero-order chi connectivity index (χ0) is 12.5. The van der Waals surface area contributed by atoms with Gasteiger partial charge in [0.15, 0.2) is 0 Å². The normalized spacial score (nSPS) is 28.3. The minimum absolute atomic E-state index is 0.00868. The van der Waals surface area contributed by atoms with Crippen molar-refractivity contribution in [3.8, 4) is 0 Å². The van der Waals surface area contributed by atoms with Crippen LogP contribution < -0.4 is 5.32 Å². The van der Waals surface area contributed by atoms with Gasteiger partial charge in [0, 0.05) is 18.8 Å². The maximum absolute atomic E-state index is 12.2. The van der Waals surface area contributed by atoms with Gasteiger partial charge in [0.05, 0.1) is 5.92 Å². The van der Waals surface area contributed by atoms with E-state index in [1.54, 1.807) is 0 Å². The number of hydrogen-bond acceptors (Lipinski definition) is 4. The van der Waals surface area contributed by atoms with E-state index in [0.29, 0.717) is 0 Å². The molecule has 1 N–H and O–H groups in total. The summed E-state index contributed by atoms with van der Waals surface area (Å²) in [7, 11) is 0. The second-order valence-electron chi connectivity index (χ2n) is 6.07. The third-order valence-corrected chi connectivity index (χ3v) is 3.65. The van der Waals surface area contributed by atoms with E-state index in [9.17, 15) is 4.79 Å². The summed E-state index contributed by atoms with van der Waals surface area (Å²) in [5.41, 5.74) is -0.466. The van der Waals surface area contributed by atoms with Crippen LogP contribution in [-0.4, -0.2) is 36.9 Å². The molecule has 1 spiro atoms. The summed E-state index contributed by atoms with van der Waals surface area (Å²) in [6.07, 6.45) is 2.71. The number of esters is 1. The minimum Gasteiger partial charge on any atom is -0.460 e. The van der Waals surface area contributed by atoms with Crippen LogP contribution in [-0.2, 0) is 14.3 Å². The fourth-order valence-corrected chi connectivity index (χ4v) is 2.84. The van der Waals surface area contributed by atoms with Gasteiger partial charge < -0.3 is 14.8 Å². The molecular weight excluding hydrogens is 218 g/mol. The largest absolute Gasteiger partial charge is 0.460 e. The van der Waals surface area contributed by atoms with Crippen LogP contribution in [0.1, 0.15) is 40.0 Å². The Morgan fingerprint density at radius 1 is 1.35 bits per heavy atom. The van der Waals surface area contributed by atoms with Crippen LogP contribution in [0.25, 0.3) is 0 Å². The lowest BCUT2D eigenvalue weighted by atomic mass is 9.79. The average Bonchev–Trinajstić information content (AvgIpc) is 2.60. The maximum Gasteiger partial charge on any atom is 0.311 e. The second-order valence-corrected chi connectivity index (χ2v) is 6.07. The SMILES string of the molecule is CC(C)(C)OC(=O)C1CCNC12CCOCC2. The summed E-state index contributed by atoms with van der Waals surface area (Å²) in [6, 6.07) is 0. The molecule has 0 aliphatic carbocycles. The fourth-order valence-electron chi connectivity index (χ4n) is 2.84. The Labute approximate surface area is 103 Å². The molecule has 98 valence electrons. The molecule has 4 nitrogen and oxygen atoms in total. The van der Waals surface area contributed by atoms with E-state index in [0.717, 1.165) is 39.0 Å². The third-order valence-electron chi connectivity index (χ3n) is 3.65. The van der Waals surface area contributed by atoms with E-state index in [4.69, 9.17) is 9.47 Å². The molecule has 0 radical (unpaired) electrons. The summed E-state index contributed by atoms with van der Waals surface area (Å²) in [5, 5.41) is 3.51. The first-order valence-corrected chi connectivity index (χ1v) is 6.49. The summed E-state index contributed by atoms with van der Waals surface area (Å²) >= 11 is 0. The quantitative estimate of drug-likeness (QED) is 0.707. The van der Waals surface area contributed by atoms with Gasteiger partial charge in [-0.1, -0.05) is 0 Å². The number of rotatable bonds is 1. The molecule has 2 aliphatic heterocycles. The zero-order valence-electron chi connectivity index (χ0n) is 11.0. The van der Waals surface area contributed by atoms with E-state index >= 15 is 0 Å². The highest BCUT2D eigenvalue weighted by Crippen LogP contribution is 2.36. The first-order chi connectivity index (χ1) is 7.93. The van der Waals surface area contributed by atoms with Crippen LogP contribution in [0, 0.1) is 5.92 Å². The number of carbonyl (C=O) groups is 1. The van der Waals surface area contributed by atoms with Crippen LogP contribution in [0.4, 0.5) is 0 Å². The van der Waals surface area contributed by atoms with Gasteiger partial charge in [-0.2, -0.15) is 0 Å². The van der Waals surface area contributed by atoms with Crippen LogP contribution in [0.15, 0.2) is 0 Å². The van der Waals surface area contributed by atoms with Crippen molar-refractivity contribution < 1.29 is 14.3 Å². The number of carbonyl (C=O) groups excluding carboxylic acids is 1. The molecule has 0 saturated carbocycles. The molecule has 0 aromatic rings. The molecule has 17 heavy (non-hydrogen) atoms. The van der Waals surface area contributed by atoms with Crippen molar-refractivity contribution in [1.82, 2.24) is 5.32 Å². The van der Waals surface area contributed by atoms with Gasteiger partial charge in [-0.05, 0) is 46.6 Å². The second kappa shape index (κ2) is 4.58. The van der Waals surface area contributed by atoms with Gasteiger partial charge >= 0.3 is 5.97 Å². The predicted octanol–water partition coefficient (Wildman–Crippen LogP) is 1.49. The Kier molecular flexibility index (Phi) is 3.46. The first kappa shape index (κ1) is 12.8. The molecule has 2 aliphatic rings. The third kappa shape index (κ3) is 2.80. The van der Waals surface area contributed by atoms with E-state index in [-0.39, 0.29) is 17.4 Å². The van der Waals surface area contributed by atoms with Crippen LogP contribution in [0.3, 0.4) is 0 Å². The predicted molar refractivity (Wildman–Crippen MR) is 64.7 cm³/mol. The van der Waals surface area contributed by atoms with E-state index < -0.39 is 5.60 Å². The molecule has 2 fully saturated rings. The molecule has 2 rings (SSSR count). The standard InChI is InChI=1S/C13H23NO3/c1-12(2,3)17-11(15)10-4-7-14-13(10)5-8-16-9-6-13/h10,14H,4-9H2,1-3H3. The number of hydrogen-bond donors (Lipinski definition) is 1. The maximum atomic E-state index is 12.2. The minimum atomic E-state index is -0.397. The van der Waals surface area contributed by atoms with Crippen molar-refractivity contribution >= 4 is 5.97 Å². The van der Waals surface area contributed by atoms with Crippen molar-refractivity contribution in [1.29, 1.82) is 0 Å². The van der Waals surface area contributed by atoms with Gasteiger partial charge in [0.1, 0.15) is 5.60 Å². The highest BCUT2D eigenvalue weighted by Gasteiger charge is 2.48. The monoisotopic (exact) mass is 241 g/mol. The zero-order valence-corrected chi connectivity index (χ0v) is 11.0. The number of nitrogens with one attached hydrogen (secondary N) is 1. The lowest BCUT2D eigenvalue weighted by Crippen LogP contribution is -2.52. The Morgan fingerprint density at radius 2 is 2.00 bits per heavy atom. The lowest BCUT2D eigenvalue weighted by Gasteiger charge is -2.38. The van der Waals surface area contributed by atoms with Gasteiger partial charge in [-0.15, -0.1) is 0 Å². The number of ether oxygens (including phenoxy) is 2. The van der Waals surface area contributed by atoms with Crippen LogP contribution >= 0.6 is 0 Å². The molecule has 0 aromatic heterocycles. The molecule has 2 heterocycles. The van der Waals surface area contributed by atoms with Crippen LogP contribution in [0.5, 0.6) is 0 Å². The summed E-state index contributed by atoms with van der Waals surface area (Å²) < 4.78 is 10.9. The highest BCUT2D eigenvalue weighted by atomic mass is 16.6. The van der Waals surface area contributed by atoms with Crippen molar-refractivity contribution in [2.45, 2.75) is 51.2 Å². The molecule has 4 heteroatoms. The Bertz CT molecular complexity index is 290. The van der Waals surface area contributed by atoms with Crippen molar-refractivity contribution in [3.05, 3.63) is 0 Å². The molecule has 0 amide bonds. The topological polar surface area (TPSA) is 47.6 Å². The van der Waals surface area contributed by atoms with Gasteiger partial charge in [-0.3, -0.25) is 4.79 Å². The Morgan fingerprint density at radius 3 is 2.59 bits per heavy atom. The van der Waals surface area contributed by atoms with E-state index in [2.05, 4.69) is 5.32 Å². The van der Waals surface area contributed by atoms with E-state index in [1.165, 1.54) is 0 Å². The lowest BCUT2D eigenvalue weighted by molar-refractivity contribution is -0.163. The van der Waals surface area contributed by atoms with Gasteiger partial charge in [0.25, 0.3) is 0 Å². The Hall–Kier alpha value is -0.610. The fraction of sp³-hybridized carbons (Fsp3) is 0.923. The molecule has 0 aromatic carbocycles. The highest BCUT2D eigenvalue weighted by molar-refractivity contribution is 5.75.